The molecule has 0 bridgehead atoms. The molecule has 0 saturated heterocycles. The van der Waals surface area contributed by atoms with Gasteiger partial charge in [-0.05, 0) is 32.0 Å². The summed E-state index contributed by atoms with van der Waals surface area (Å²) in [5.74, 6) is 0.917. The first kappa shape index (κ1) is 10.8. The summed E-state index contributed by atoms with van der Waals surface area (Å²) >= 11 is 0. The fourth-order valence-electron chi connectivity index (χ4n) is 1.94. The maximum Gasteiger partial charge on any atom is 0.176 e. The summed E-state index contributed by atoms with van der Waals surface area (Å²) in [6, 6.07) is 5.55. The zero-order valence-corrected chi connectivity index (χ0v) is 9.53. The molecule has 2 aromatic rings. The third-order valence-corrected chi connectivity index (χ3v) is 2.76. The van der Waals surface area contributed by atoms with Crippen molar-refractivity contribution < 1.29 is 4.79 Å². The van der Waals surface area contributed by atoms with Gasteiger partial charge in [0, 0.05) is 12.1 Å². The number of aromatic nitrogens is 2. The van der Waals surface area contributed by atoms with Crippen LogP contribution < -0.4 is 5.73 Å². The van der Waals surface area contributed by atoms with E-state index in [1.165, 1.54) is 0 Å². The molecule has 1 aromatic carbocycles. The molecular formula is C12H15N3O. The molecule has 0 amide bonds. The van der Waals surface area contributed by atoms with Crippen LogP contribution in [0.4, 0.5) is 0 Å². The fourth-order valence-corrected chi connectivity index (χ4v) is 1.94. The van der Waals surface area contributed by atoms with Gasteiger partial charge in [0.25, 0.3) is 0 Å². The first-order chi connectivity index (χ1) is 7.67. The molecule has 0 unspecified atom stereocenters. The van der Waals surface area contributed by atoms with Crippen molar-refractivity contribution >= 4 is 16.8 Å². The van der Waals surface area contributed by atoms with E-state index in [0.29, 0.717) is 5.56 Å². The fraction of sp³-hybridized carbons (Fsp3) is 0.333. The zero-order chi connectivity index (χ0) is 11.7. The number of nitrogens with zero attached hydrogens (tertiary/aromatic N) is 2. The molecular weight excluding hydrogens is 202 g/mol. The minimum absolute atomic E-state index is 0.0406. The minimum Gasteiger partial charge on any atom is -0.329 e. The molecule has 4 nitrogen and oxygen atoms in total. The van der Waals surface area contributed by atoms with Crippen LogP contribution in [0.3, 0.4) is 0 Å². The monoisotopic (exact) mass is 217 g/mol. The van der Waals surface area contributed by atoms with Crippen LogP contribution in [-0.2, 0) is 6.54 Å². The lowest BCUT2D eigenvalue weighted by Gasteiger charge is -2.02. The van der Waals surface area contributed by atoms with E-state index in [-0.39, 0.29) is 12.3 Å². The van der Waals surface area contributed by atoms with Crippen LogP contribution in [0.5, 0.6) is 0 Å². The predicted octanol–water partition coefficient (Wildman–Crippen LogP) is 1.51. The summed E-state index contributed by atoms with van der Waals surface area (Å²) in [7, 11) is 0. The van der Waals surface area contributed by atoms with Gasteiger partial charge in [-0.1, -0.05) is 0 Å². The van der Waals surface area contributed by atoms with Crippen LogP contribution in [0.25, 0.3) is 11.0 Å². The number of benzene rings is 1. The Morgan fingerprint density at radius 3 is 2.88 bits per heavy atom. The van der Waals surface area contributed by atoms with Crippen molar-refractivity contribution in [2.45, 2.75) is 20.4 Å². The quantitative estimate of drug-likeness (QED) is 0.793. The van der Waals surface area contributed by atoms with E-state index in [2.05, 4.69) is 16.5 Å². The highest BCUT2D eigenvalue weighted by molar-refractivity contribution is 6.00. The van der Waals surface area contributed by atoms with Gasteiger partial charge >= 0.3 is 0 Å². The molecule has 84 valence electrons. The Morgan fingerprint density at radius 1 is 1.50 bits per heavy atom. The Labute approximate surface area is 94.1 Å². The average Bonchev–Trinajstić information content (AvgIpc) is 2.62. The summed E-state index contributed by atoms with van der Waals surface area (Å²) in [6.07, 6.45) is 0. The van der Waals surface area contributed by atoms with Gasteiger partial charge in [0.15, 0.2) is 5.78 Å². The van der Waals surface area contributed by atoms with Crippen molar-refractivity contribution in [3.63, 3.8) is 0 Å². The molecule has 0 saturated carbocycles. The van der Waals surface area contributed by atoms with E-state index in [1.54, 1.807) is 0 Å². The maximum atomic E-state index is 11.5. The first-order valence-electron chi connectivity index (χ1n) is 5.37. The predicted molar refractivity (Wildman–Crippen MR) is 63.5 cm³/mol. The Balaban J connectivity index is 2.60. The minimum atomic E-state index is -0.0504. The van der Waals surface area contributed by atoms with Gasteiger partial charge in [-0.3, -0.25) is 4.79 Å². The molecule has 0 spiro atoms. The van der Waals surface area contributed by atoms with Crippen molar-refractivity contribution in [3.05, 3.63) is 29.6 Å². The Hall–Kier alpha value is -1.68. The molecule has 16 heavy (non-hydrogen) atoms. The summed E-state index contributed by atoms with van der Waals surface area (Å²) in [4.78, 5) is 15.9. The van der Waals surface area contributed by atoms with Crippen LogP contribution >= 0.6 is 0 Å². The number of nitrogens with two attached hydrogens (primary N) is 1. The second-order valence-electron chi connectivity index (χ2n) is 3.73. The number of aryl methyl sites for hydroxylation is 2. The molecule has 0 fully saturated rings. The van der Waals surface area contributed by atoms with Crippen LogP contribution in [0, 0.1) is 6.92 Å². The molecule has 0 aliphatic rings. The third kappa shape index (κ3) is 1.61. The number of fused-ring (bicyclic) bond motifs is 1. The highest BCUT2D eigenvalue weighted by Crippen LogP contribution is 2.17. The third-order valence-electron chi connectivity index (χ3n) is 2.76. The van der Waals surface area contributed by atoms with Crippen molar-refractivity contribution in [1.82, 2.24) is 9.55 Å². The number of hydrogen-bond acceptors (Lipinski definition) is 3. The second-order valence-corrected chi connectivity index (χ2v) is 3.73. The lowest BCUT2D eigenvalue weighted by atomic mass is 10.1. The van der Waals surface area contributed by atoms with E-state index in [0.717, 1.165) is 23.4 Å². The molecule has 2 rings (SSSR count). The molecule has 2 N–H and O–H groups in total. The Morgan fingerprint density at radius 2 is 2.25 bits per heavy atom. The van der Waals surface area contributed by atoms with E-state index >= 15 is 0 Å². The van der Waals surface area contributed by atoms with Gasteiger partial charge in [0.2, 0.25) is 0 Å². The largest absolute Gasteiger partial charge is 0.329 e. The number of carbonyl (C=O) groups excluding carboxylic acids is 1. The van der Waals surface area contributed by atoms with Gasteiger partial charge in [-0.25, -0.2) is 4.98 Å². The number of imidazole rings is 1. The van der Waals surface area contributed by atoms with Crippen LogP contribution in [0.2, 0.25) is 0 Å². The Bertz CT molecular complexity index is 542. The molecule has 4 heteroatoms. The number of hydrogen-bond donors (Lipinski definition) is 1. The van der Waals surface area contributed by atoms with E-state index in [1.807, 2.05) is 25.1 Å². The average molecular weight is 217 g/mol. The number of Topliss-reactive ketones (excluding diaryl/α,β-unsaturated/α-hetero) is 1. The number of carbonyl (C=O) groups is 1. The molecule has 1 heterocycles. The smallest absolute Gasteiger partial charge is 0.176 e. The van der Waals surface area contributed by atoms with Crippen molar-refractivity contribution in [2.24, 2.45) is 5.73 Å². The number of rotatable bonds is 3. The van der Waals surface area contributed by atoms with E-state index in [9.17, 15) is 4.79 Å². The second kappa shape index (κ2) is 4.06. The maximum absolute atomic E-state index is 11.5. The standard InChI is InChI=1S/C12H15N3O/c1-3-15-8(2)14-10-6-9(12(16)7-13)4-5-11(10)15/h4-6H,3,7,13H2,1-2H3. The van der Waals surface area contributed by atoms with Gasteiger partial charge in [0.1, 0.15) is 5.82 Å². The molecule has 1 aromatic heterocycles. The van der Waals surface area contributed by atoms with Gasteiger partial charge in [-0.15, -0.1) is 0 Å². The lowest BCUT2D eigenvalue weighted by Crippen LogP contribution is -2.13. The zero-order valence-electron chi connectivity index (χ0n) is 9.53. The molecule has 0 aliphatic heterocycles. The molecule has 0 radical (unpaired) electrons. The van der Waals surface area contributed by atoms with Crippen LogP contribution in [0.1, 0.15) is 23.1 Å². The topological polar surface area (TPSA) is 60.9 Å². The highest BCUT2D eigenvalue weighted by atomic mass is 16.1. The Kier molecular flexibility index (Phi) is 2.75. The van der Waals surface area contributed by atoms with Crippen molar-refractivity contribution in [3.8, 4) is 0 Å². The van der Waals surface area contributed by atoms with E-state index < -0.39 is 0 Å². The van der Waals surface area contributed by atoms with Gasteiger partial charge in [0.05, 0.1) is 17.6 Å². The number of ketones is 1. The van der Waals surface area contributed by atoms with Crippen LogP contribution in [-0.4, -0.2) is 21.9 Å². The van der Waals surface area contributed by atoms with E-state index in [4.69, 9.17) is 5.73 Å². The van der Waals surface area contributed by atoms with Crippen molar-refractivity contribution in [2.75, 3.05) is 6.54 Å². The molecule has 0 aliphatic carbocycles. The highest BCUT2D eigenvalue weighted by Gasteiger charge is 2.09. The normalized spacial score (nSPS) is 10.9. The summed E-state index contributed by atoms with van der Waals surface area (Å²) in [5, 5.41) is 0. The summed E-state index contributed by atoms with van der Waals surface area (Å²) in [5.41, 5.74) is 7.89. The summed E-state index contributed by atoms with van der Waals surface area (Å²) in [6.45, 7) is 4.96. The van der Waals surface area contributed by atoms with Gasteiger partial charge < -0.3 is 10.3 Å². The molecule has 0 atom stereocenters. The SMILES string of the molecule is CCn1c(C)nc2cc(C(=O)CN)ccc21. The van der Waals surface area contributed by atoms with Crippen LogP contribution in [0.15, 0.2) is 18.2 Å². The van der Waals surface area contributed by atoms with Crippen molar-refractivity contribution in [1.29, 1.82) is 0 Å². The summed E-state index contributed by atoms with van der Waals surface area (Å²) < 4.78 is 2.12. The lowest BCUT2D eigenvalue weighted by molar-refractivity contribution is 0.100. The first-order valence-corrected chi connectivity index (χ1v) is 5.37. The van der Waals surface area contributed by atoms with Gasteiger partial charge in [-0.2, -0.15) is 0 Å².